The van der Waals surface area contributed by atoms with E-state index in [2.05, 4.69) is 20.8 Å². The van der Waals surface area contributed by atoms with E-state index in [1.54, 1.807) is 6.92 Å². The van der Waals surface area contributed by atoms with Crippen molar-refractivity contribution in [3.05, 3.63) is 5.82 Å². The summed E-state index contributed by atoms with van der Waals surface area (Å²) in [5.41, 5.74) is 0. The summed E-state index contributed by atoms with van der Waals surface area (Å²) in [7, 11) is 0. The topological polar surface area (TPSA) is 99.0 Å². The van der Waals surface area contributed by atoms with Crippen molar-refractivity contribution in [2.75, 3.05) is 6.61 Å². The second kappa shape index (κ2) is 7.45. The maximum atomic E-state index is 11.7. The summed E-state index contributed by atoms with van der Waals surface area (Å²) < 4.78 is 5.93. The van der Waals surface area contributed by atoms with Gasteiger partial charge >= 0.3 is 5.97 Å². The van der Waals surface area contributed by atoms with Crippen molar-refractivity contribution < 1.29 is 14.3 Å². The Balaban J connectivity index is 2.60. The molecule has 0 aromatic carbocycles. The molecule has 1 N–H and O–H groups in total. The summed E-state index contributed by atoms with van der Waals surface area (Å²) >= 11 is 0. The Labute approximate surface area is 111 Å². The molecule has 0 aliphatic carbocycles. The van der Waals surface area contributed by atoms with Gasteiger partial charge in [0.15, 0.2) is 0 Å². The first-order chi connectivity index (χ1) is 9.08. The monoisotopic (exact) mass is 269 g/mol. The van der Waals surface area contributed by atoms with Gasteiger partial charge in [-0.2, -0.15) is 0 Å². The first-order valence-corrected chi connectivity index (χ1v) is 6.31. The largest absolute Gasteiger partial charge is 0.460 e. The first-order valence-electron chi connectivity index (χ1n) is 6.31. The molecule has 1 amide bonds. The standard InChI is InChI=1S/C11H19N5O3/c1-4-6-8(3)12-9(17)7-16-10(13-14-15-16)11(18)19-5-2/h8H,4-7H2,1-3H3,(H,12,17). The third kappa shape index (κ3) is 4.65. The molecule has 0 aliphatic heterocycles. The van der Waals surface area contributed by atoms with Crippen LogP contribution in [0.2, 0.25) is 0 Å². The lowest BCUT2D eigenvalue weighted by atomic mass is 10.2. The van der Waals surface area contributed by atoms with Gasteiger partial charge in [-0.1, -0.05) is 13.3 Å². The number of tetrazole rings is 1. The van der Waals surface area contributed by atoms with Gasteiger partial charge in [-0.25, -0.2) is 9.48 Å². The Kier molecular flexibility index (Phi) is 5.91. The van der Waals surface area contributed by atoms with Crippen LogP contribution in [0.3, 0.4) is 0 Å². The number of amides is 1. The zero-order valence-corrected chi connectivity index (χ0v) is 11.4. The van der Waals surface area contributed by atoms with E-state index in [9.17, 15) is 9.59 Å². The van der Waals surface area contributed by atoms with Gasteiger partial charge in [-0.15, -0.1) is 5.10 Å². The molecule has 0 fully saturated rings. The van der Waals surface area contributed by atoms with Gasteiger partial charge in [0.25, 0.3) is 5.82 Å². The first kappa shape index (κ1) is 15.1. The molecule has 0 saturated heterocycles. The number of hydrogen-bond donors (Lipinski definition) is 1. The van der Waals surface area contributed by atoms with E-state index in [1.165, 1.54) is 0 Å². The second-order valence-electron chi connectivity index (χ2n) is 4.14. The molecule has 0 bridgehead atoms. The Morgan fingerprint density at radius 3 is 2.79 bits per heavy atom. The van der Waals surface area contributed by atoms with Crippen LogP contribution in [0, 0.1) is 0 Å². The molecule has 0 spiro atoms. The summed E-state index contributed by atoms with van der Waals surface area (Å²) in [4.78, 5) is 23.3. The minimum absolute atomic E-state index is 0.0693. The number of hydrogen-bond acceptors (Lipinski definition) is 6. The summed E-state index contributed by atoms with van der Waals surface area (Å²) in [6.07, 6.45) is 1.88. The van der Waals surface area contributed by atoms with Crippen LogP contribution in [0.4, 0.5) is 0 Å². The highest BCUT2D eigenvalue weighted by Crippen LogP contribution is 1.98. The van der Waals surface area contributed by atoms with Crippen LogP contribution in [0.5, 0.6) is 0 Å². The molecule has 19 heavy (non-hydrogen) atoms. The van der Waals surface area contributed by atoms with E-state index in [-0.39, 0.29) is 30.9 Å². The SMILES string of the molecule is CCCC(C)NC(=O)Cn1nnnc1C(=O)OCC. The molecule has 1 unspecified atom stereocenters. The smallest absolute Gasteiger partial charge is 0.378 e. The number of carbonyl (C=O) groups is 2. The molecular weight excluding hydrogens is 250 g/mol. The van der Waals surface area contributed by atoms with Gasteiger partial charge in [-0.3, -0.25) is 4.79 Å². The van der Waals surface area contributed by atoms with Crippen molar-refractivity contribution in [3.63, 3.8) is 0 Å². The van der Waals surface area contributed by atoms with Gasteiger partial charge in [0.1, 0.15) is 6.54 Å². The summed E-state index contributed by atoms with van der Waals surface area (Å²) in [5, 5.41) is 13.3. The van der Waals surface area contributed by atoms with Crippen molar-refractivity contribution in [2.45, 2.75) is 46.2 Å². The average Bonchev–Trinajstić information content (AvgIpc) is 2.77. The molecule has 1 atom stereocenters. The molecule has 1 aromatic heterocycles. The molecule has 8 nitrogen and oxygen atoms in total. The van der Waals surface area contributed by atoms with Gasteiger partial charge < -0.3 is 10.1 Å². The normalized spacial score (nSPS) is 11.9. The third-order valence-corrected chi connectivity index (χ3v) is 2.41. The molecule has 1 heterocycles. The number of carbonyl (C=O) groups excluding carboxylic acids is 2. The molecule has 106 valence electrons. The zero-order chi connectivity index (χ0) is 14.3. The minimum Gasteiger partial charge on any atom is -0.460 e. The van der Waals surface area contributed by atoms with Crippen LogP contribution in [-0.2, 0) is 16.1 Å². The van der Waals surface area contributed by atoms with Crippen LogP contribution < -0.4 is 5.32 Å². The molecule has 1 rings (SSSR count). The van der Waals surface area contributed by atoms with E-state index in [4.69, 9.17) is 4.74 Å². The van der Waals surface area contributed by atoms with Crippen LogP contribution in [-0.4, -0.2) is 44.7 Å². The summed E-state index contributed by atoms with van der Waals surface area (Å²) in [5.74, 6) is -0.944. The molecule has 1 aromatic rings. The van der Waals surface area contributed by atoms with Gasteiger partial charge in [0, 0.05) is 6.04 Å². The predicted octanol–water partition coefficient (Wildman–Crippen LogP) is 0.155. The quantitative estimate of drug-likeness (QED) is 0.708. The van der Waals surface area contributed by atoms with E-state index in [0.29, 0.717) is 0 Å². The number of nitrogens with zero attached hydrogens (tertiary/aromatic N) is 4. The minimum atomic E-state index is -0.637. The van der Waals surface area contributed by atoms with Crippen molar-refractivity contribution in [1.29, 1.82) is 0 Å². The van der Waals surface area contributed by atoms with Crippen LogP contribution in [0.15, 0.2) is 0 Å². The predicted molar refractivity (Wildman–Crippen MR) is 66.3 cm³/mol. The number of aromatic nitrogens is 4. The third-order valence-electron chi connectivity index (χ3n) is 2.41. The Morgan fingerprint density at radius 2 is 2.16 bits per heavy atom. The van der Waals surface area contributed by atoms with E-state index in [1.807, 2.05) is 13.8 Å². The Morgan fingerprint density at radius 1 is 1.42 bits per heavy atom. The van der Waals surface area contributed by atoms with Crippen LogP contribution in [0.25, 0.3) is 0 Å². The van der Waals surface area contributed by atoms with Gasteiger partial charge in [-0.05, 0) is 30.7 Å². The highest BCUT2D eigenvalue weighted by atomic mass is 16.5. The van der Waals surface area contributed by atoms with Crippen molar-refractivity contribution in [1.82, 2.24) is 25.5 Å². The van der Waals surface area contributed by atoms with E-state index >= 15 is 0 Å². The maximum absolute atomic E-state index is 11.7. The van der Waals surface area contributed by atoms with Crippen molar-refractivity contribution >= 4 is 11.9 Å². The second-order valence-corrected chi connectivity index (χ2v) is 4.14. The van der Waals surface area contributed by atoms with Gasteiger partial charge in [0.2, 0.25) is 5.91 Å². The van der Waals surface area contributed by atoms with Crippen LogP contribution >= 0.6 is 0 Å². The number of esters is 1. The zero-order valence-electron chi connectivity index (χ0n) is 11.4. The molecule has 0 radical (unpaired) electrons. The van der Waals surface area contributed by atoms with Crippen LogP contribution in [0.1, 0.15) is 44.2 Å². The lowest BCUT2D eigenvalue weighted by Gasteiger charge is -2.12. The van der Waals surface area contributed by atoms with Crippen molar-refractivity contribution in [3.8, 4) is 0 Å². The summed E-state index contributed by atoms with van der Waals surface area (Å²) in [6, 6.07) is 0.0834. The number of nitrogens with one attached hydrogen (secondary N) is 1. The molecular formula is C11H19N5O3. The Hall–Kier alpha value is -1.99. The molecule has 0 saturated carbocycles. The highest BCUT2D eigenvalue weighted by molar-refractivity contribution is 5.86. The molecule has 8 heteroatoms. The van der Waals surface area contributed by atoms with E-state index in [0.717, 1.165) is 17.5 Å². The van der Waals surface area contributed by atoms with Crippen molar-refractivity contribution in [2.24, 2.45) is 0 Å². The summed E-state index contributed by atoms with van der Waals surface area (Å²) in [6.45, 7) is 5.78. The maximum Gasteiger partial charge on any atom is 0.378 e. The van der Waals surface area contributed by atoms with Gasteiger partial charge in [0.05, 0.1) is 6.61 Å². The fourth-order valence-electron chi connectivity index (χ4n) is 1.61. The number of ether oxygens (including phenoxy) is 1. The van der Waals surface area contributed by atoms with E-state index < -0.39 is 5.97 Å². The Bertz CT molecular complexity index is 432. The fraction of sp³-hybridized carbons (Fsp3) is 0.727. The lowest BCUT2D eigenvalue weighted by molar-refractivity contribution is -0.122. The molecule has 0 aliphatic rings. The number of rotatable bonds is 7. The highest BCUT2D eigenvalue weighted by Gasteiger charge is 2.19. The average molecular weight is 269 g/mol. The lowest BCUT2D eigenvalue weighted by Crippen LogP contribution is -2.36. The fourth-order valence-corrected chi connectivity index (χ4v) is 1.61.